The van der Waals surface area contributed by atoms with Crippen molar-refractivity contribution in [2.75, 3.05) is 6.61 Å². The van der Waals surface area contributed by atoms with Gasteiger partial charge in [0.05, 0.1) is 6.61 Å². The molecule has 1 aliphatic carbocycles. The minimum absolute atomic E-state index is 0.492. The highest BCUT2D eigenvalue weighted by Gasteiger charge is 2.37. The molecular weight excluding hydrogens is 140 g/mol. The van der Waals surface area contributed by atoms with Crippen molar-refractivity contribution in [2.45, 2.75) is 33.1 Å². The summed E-state index contributed by atoms with van der Waals surface area (Å²) in [5.74, 6) is 0.766. The molecule has 0 radical (unpaired) electrons. The minimum atomic E-state index is 0.492. The van der Waals surface area contributed by atoms with Gasteiger partial charge in [-0.25, -0.2) is 0 Å². The van der Waals surface area contributed by atoms with Crippen LogP contribution < -0.4 is 0 Å². The summed E-state index contributed by atoms with van der Waals surface area (Å²) in [7, 11) is 0. The van der Waals surface area contributed by atoms with Gasteiger partial charge in [0.15, 0.2) is 0 Å². The highest BCUT2D eigenvalue weighted by Crippen LogP contribution is 2.47. The fourth-order valence-electron chi connectivity index (χ4n) is 1.72. The Morgan fingerprint density at radius 2 is 2.36 bits per heavy atom. The first kappa shape index (κ1) is 8.57. The molecule has 0 amide bonds. The first-order chi connectivity index (χ1) is 5.17. The molecule has 0 aromatic heterocycles. The molecule has 1 fully saturated rings. The maximum Gasteiger partial charge on any atom is 0.293 e. The Bertz CT molecular complexity index is 140. The number of ether oxygens (including phenoxy) is 1. The van der Waals surface area contributed by atoms with E-state index in [0.29, 0.717) is 18.5 Å². The van der Waals surface area contributed by atoms with Gasteiger partial charge in [-0.05, 0) is 30.6 Å². The molecule has 1 aliphatic rings. The maximum absolute atomic E-state index is 9.83. The molecule has 0 aliphatic heterocycles. The molecule has 2 nitrogen and oxygen atoms in total. The molecule has 1 rings (SSSR count). The smallest absolute Gasteiger partial charge is 0.293 e. The largest absolute Gasteiger partial charge is 0.468 e. The molecule has 0 aromatic rings. The van der Waals surface area contributed by atoms with Crippen molar-refractivity contribution < 1.29 is 9.53 Å². The highest BCUT2D eigenvalue weighted by atomic mass is 16.5. The van der Waals surface area contributed by atoms with E-state index in [0.717, 1.165) is 12.3 Å². The molecule has 0 saturated heterocycles. The first-order valence-corrected chi connectivity index (χ1v) is 4.22. The van der Waals surface area contributed by atoms with Crippen molar-refractivity contribution in [2.24, 2.45) is 11.3 Å². The van der Waals surface area contributed by atoms with E-state index in [1.165, 1.54) is 12.8 Å². The average molecular weight is 156 g/mol. The van der Waals surface area contributed by atoms with E-state index < -0.39 is 0 Å². The Hall–Kier alpha value is -0.530. The predicted octanol–water partition coefficient (Wildman–Crippen LogP) is 1.99. The molecule has 64 valence electrons. The van der Waals surface area contributed by atoms with Crippen LogP contribution in [0.1, 0.15) is 33.1 Å². The normalized spacial score (nSPS) is 27.3. The predicted molar refractivity (Wildman–Crippen MR) is 43.1 cm³/mol. The molecular formula is C9H16O2. The van der Waals surface area contributed by atoms with Gasteiger partial charge in [0.25, 0.3) is 6.47 Å². The second-order valence-corrected chi connectivity index (χ2v) is 3.98. The number of carbonyl (C=O) groups excluding carboxylic acids is 1. The zero-order valence-corrected chi connectivity index (χ0v) is 7.30. The molecule has 2 heteroatoms. The van der Waals surface area contributed by atoms with Crippen LogP contribution in [0, 0.1) is 11.3 Å². The van der Waals surface area contributed by atoms with Crippen LogP contribution in [0.2, 0.25) is 0 Å². The summed E-state index contributed by atoms with van der Waals surface area (Å²) >= 11 is 0. The van der Waals surface area contributed by atoms with E-state index in [4.69, 9.17) is 0 Å². The summed E-state index contributed by atoms with van der Waals surface area (Å²) < 4.78 is 4.65. The van der Waals surface area contributed by atoms with Crippen molar-refractivity contribution in [3.05, 3.63) is 0 Å². The average Bonchev–Trinajstić information content (AvgIpc) is 1.96. The molecule has 1 atom stereocenters. The van der Waals surface area contributed by atoms with E-state index in [9.17, 15) is 4.79 Å². The molecule has 0 spiro atoms. The molecule has 1 unspecified atom stereocenters. The van der Waals surface area contributed by atoms with Crippen molar-refractivity contribution >= 4 is 6.47 Å². The summed E-state index contributed by atoms with van der Waals surface area (Å²) in [6.07, 6.45) is 3.65. The van der Waals surface area contributed by atoms with Crippen molar-refractivity contribution in [3.8, 4) is 0 Å². The fraction of sp³-hybridized carbons (Fsp3) is 0.889. The summed E-state index contributed by atoms with van der Waals surface area (Å²) in [6.45, 7) is 5.69. The third kappa shape index (κ3) is 1.95. The molecule has 0 aromatic carbocycles. The number of carbonyl (C=O) groups is 1. The Balaban J connectivity index is 2.13. The maximum atomic E-state index is 9.83. The van der Waals surface area contributed by atoms with Crippen LogP contribution in [-0.4, -0.2) is 13.1 Å². The topological polar surface area (TPSA) is 26.3 Å². The van der Waals surface area contributed by atoms with Gasteiger partial charge in [-0.1, -0.05) is 13.8 Å². The van der Waals surface area contributed by atoms with Gasteiger partial charge in [0.1, 0.15) is 0 Å². The zero-order valence-electron chi connectivity index (χ0n) is 7.30. The lowest BCUT2D eigenvalue weighted by atomic mass is 9.61. The number of rotatable bonds is 4. The van der Waals surface area contributed by atoms with Gasteiger partial charge < -0.3 is 4.74 Å². The van der Waals surface area contributed by atoms with Crippen molar-refractivity contribution in [3.63, 3.8) is 0 Å². The van der Waals surface area contributed by atoms with Gasteiger partial charge in [-0.15, -0.1) is 0 Å². The van der Waals surface area contributed by atoms with Crippen LogP contribution in [0.15, 0.2) is 0 Å². The Morgan fingerprint density at radius 1 is 1.64 bits per heavy atom. The third-order valence-electron chi connectivity index (χ3n) is 2.89. The van der Waals surface area contributed by atoms with E-state index in [1.54, 1.807) is 0 Å². The highest BCUT2D eigenvalue weighted by molar-refractivity contribution is 5.36. The Morgan fingerprint density at radius 3 is 2.73 bits per heavy atom. The van der Waals surface area contributed by atoms with Gasteiger partial charge >= 0.3 is 0 Å². The SMILES string of the molecule is CC1(C)CCC1CCOC=O. The second kappa shape index (κ2) is 3.24. The zero-order chi connectivity index (χ0) is 8.32. The summed E-state index contributed by atoms with van der Waals surface area (Å²) in [4.78, 5) is 9.83. The molecule has 11 heavy (non-hydrogen) atoms. The van der Waals surface area contributed by atoms with E-state index in [-0.39, 0.29) is 0 Å². The van der Waals surface area contributed by atoms with Crippen LogP contribution in [0.3, 0.4) is 0 Å². The lowest BCUT2D eigenvalue weighted by molar-refractivity contribution is -0.129. The van der Waals surface area contributed by atoms with Gasteiger partial charge in [-0.2, -0.15) is 0 Å². The first-order valence-electron chi connectivity index (χ1n) is 4.22. The van der Waals surface area contributed by atoms with Gasteiger partial charge in [0.2, 0.25) is 0 Å². The van der Waals surface area contributed by atoms with Gasteiger partial charge in [0, 0.05) is 0 Å². The minimum Gasteiger partial charge on any atom is -0.468 e. The molecule has 0 heterocycles. The van der Waals surface area contributed by atoms with Crippen LogP contribution in [0.4, 0.5) is 0 Å². The van der Waals surface area contributed by atoms with E-state index in [1.807, 2.05) is 0 Å². The van der Waals surface area contributed by atoms with Crippen LogP contribution in [0.5, 0.6) is 0 Å². The van der Waals surface area contributed by atoms with Crippen LogP contribution in [-0.2, 0) is 9.53 Å². The van der Waals surface area contributed by atoms with Crippen molar-refractivity contribution in [1.29, 1.82) is 0 Å². The second-order valence-electron chi connectivity index (χ2n) is 3.98. The Labute approximate surface area is 67.9 Å². The summed E-state index contributed by atoms with van der Waals surface area (Å²) in [5, 5.41) is 0. The summed E-state index contributed by atoms with van der Waals surface area (Å²) in [5.41, 5.74) is 0.492. The quantitative estimate of drug-likeness (QED) is 0.459. The number of hydrogen-bond donors (Lipinski definition) is 0. The number of hydrogen-bond acceptors (Lipinski definition) is 2. The third-order valence-corrected chi connectivity index (χ3v) is 2.89. The van der Waals surface area contributed by atoms with Crippen LogP contribution >= 0.6 is 0 Å². The Kier molecular flexibility index (Phi) is 2.53. The standard InChI is InChI=1S/C9H16O2/c1-9(2)5-3-8(9)4-6-11-7-10/h7-8H,3-6H2,1-2H3. The van der Waals surface area contributed by atoms with Crippen molar-refractivity contribution in [1.82, 2.24) is 0 Å². The molecule has 0 N–H and O–H groups in total. The van der Waals surface area contributed by atoms with Crippen LogP contribution in [0.25, 0.3) is 0 Å². The fourth-order valence-corrected chi connectivity index (χ4v) is 1.72. The monoisotopic (exact) mass is 156 g/mol. The summed E-state index contributed by atoms with van der Waals surface area (Å²) in [6, 6.07) is 0. The van der Waals surface area contributed by atoms with Gasteiger partial charge in [-0.3, -0.25) is 4.79 Å². The molecule has 1 saturated carbocycles. The molecule has 0 bridgehead atoms. The lowest BCUT2D eigenvalue weighted by Crippen LogP contribution is -2.35. The van der Waals surface area contributed by atoms with E-state index >= 15 is 0 Å². The lowest BCUT2D eigenvalue weighted by Gasteiger charge is -2.44. The van der Waals surface area contributed by atoms with E-state index in [2.05, 4.69) is 18.6 Å².